The van der Waals surface area contributed by atoms with Gasteiger partial charge in [0.05, 0.1) is 14.2 Å². The minimum absolute atomic E-state index is 0.0442. The minimum atomic E-state index is -1.84. The maximum atomic E-state index is 7.05. The zero-order chi connectivity index (χ0) is 76.9. The van der Waals surface area contributed by atoms with Gasteiger partial charge in [0.15, 0.2) is 0 Å². The Morgan fingerprint density at radius 2 is 0.536 bits per heavy atom. The molecule has 0 radical (unpaired) electrons. The van der Waals surface area contributed by atoms with E-state index in [0.29, 0.717) is 29.3 Å². The Kier molecular flexibility index (Phi) is 43.4. The summed E-state index contributed by atoms with van der Waals surface area (Å²) in [6.07, 6.45) is 33.7. The van der Waals surface area contributed by atoms with Gasteiger partial charge >= 0.3 is 0 Å². The number of hydrogen-bond acceptors (Lipinski definition) is 10. The highest BCUT2D eigenvalue weighted by atomic mass is 32.2. The van der Waals surface area contributed by atoms with E-state index in [1.54, 1.807) is 13.8 Å². The van der Waals surface area contributed by atoms with E-state index in [1.807, 2.05) is 100 Å². The van der Waals surface area contributed by atoms with Crippen LogP contribution in [0.1, 0.15) is 240 Å². The molecule has 0 aromatic heterocycles. The van der Waals surface area contributed by atoms with Gasteiger partial charge in [-0.2, -0.15) is 70.6 Å². The highest BCUT2D eigenvalue weighted by Gasteiger charge is 2.38. The summed E-state index contributed by atoms with van der Waals surface area (Å²) in [6, 6.07) is 60.2. The number of benzene rings is 6. The first kappa shape index (κ1) is 89.6. The Hall–Kier alpha value is -1.57. The molecule has 3 aliphatic rings. The minimum Gasteiger partial charge on any atom is -0.305 e. The molecule has 0 atom stereocenters. The van der Waals surface area contributed by atoms with Crippen molar-refractivity contribution in [1.29, 1.82) is 0 Å². The van der Waals surface area contributed by atoms with Crippen molar-refractivity contribution in [2.45, 2.75) is 251 Å². The zero-order valence-electron chi connectivity index (χ0n) is 69.9. The fraction of sp³-hybridized carbons (Fsp3) is 0.586. The molecule has 0 amide bonds. The third-order valence-corrected chi connectivity index (χ3v) is 29.5. The summed E-state index contributed by atoms with van der Waals surface area (Å²) in [5.74, 6) is 0. The SMILES string of the molecule is CN(C)C(C)(C)C.CSC(C)(C)C.CSC(C)(C)C.CSC(C)(C)C.CSC(C)(c1ccccc1)c1ccccc1.CSC(C)(c1ccccc1)c1ccccc1.CSC1(C)CCCCC1.CSC1(C)CCCCC1.CSC1(C)c2ccccc2-c2ccccc21.[2H]C([2H])([2H])C(C)(C)SC. The van der Waals surface area contributed by atoms with Crippen molar-refractivity contribution in [2.75, 3.05) is 70.4 Å². The van der Waals surface area contributed by atoms with Crippen molar-refractivity contribution in [3.05, 3.63) is 203 Å². The molecule has 1 nitrogen and oxygen atoms in total. The zero-order valence-corrected chi connectivity index (χ0v) is 74.2. The predicted octanol–water partition coefficient (Wildman–Crippen LogP) is 29.0. The summed E-state index contributed by atoms with van der Waals surface area (Å²) >= 11 is 16.8. The summed E-state index contributed by atoms with van der Waals surface area (Å²) in [5.41, 5.74) is 11.4. The van der Waals surface area contributed by atoms with Crippen LogP contribution < -0.4 is 0 Å². The van der Waals surface area contributed by atoms with Gasteiger partial charge in [0.25, 0.3) is 0 Å². The van der Waals surface area contributed by atoms with Gasteiger partial charge < -0.3 is 4.90 Å². The molecule has 0 spiro atoms. The van der Waals surface area contributed by atoms with Gasteiger partial charge in [-0.1, -0.05) is 305 Å². The Morgan fingerprint density at radius 3 is 0.691 bits per heavy atom. The van der Waals surface area contributed by atoms with E-state index in [-0.39, 0.29) is 14.2 Å². The first-order valence-corrected chi connectivity index (χ1v) is 45.9. The van der Waals surface area contributed by atoms with Crippen molar-refractivity contribution >= 4 is 106 Å². The summed E-state index contributed by atoms with van der Waals surface area (Å²) in [7, 11) is 4.17. The second-order valence-corrected chi connectivity index (χ2v) is 43.2. The molecule has 0 N–H and O–H groups in total. The van der Waals surface area contributed by atoms with Crippen LogP contribution in [-0.4, -0.2) is 109 Å². The predicted molar refractivity (Wildman–Crippen MR) is 474 cm³/mol. The molecule has 97 heavy (non-hydrogen) atoms. The Labute approximate surface area is 644 Å². The van der Waals surface area contributed by atoms with Gasteiger partial charge in [0.2, 0.25) is 0 Å². The molecule has 6 aromatic rings. The molecule has 0 unspecified atom stereocenters. The van der Waals surface area contributed by atoms with Gasteiger partial charge in [-0.15, -0.1) is 35.3 Å². The third-order valence-electron chi connectivity index (χ3n) is 18.2. The number of nitrogens with zero attached hydrogens (tertiary/aromatic N) is 1. The van der Waals surface area contributed by atoms with Crippen LogP contribution in [0.2, 0.25) is 0 Å². The van der Waals surface area contributed by atoms with E-state index in [0.717, 1.165) is 0 Å². The van der Waals surface area contributed by atoms with Crippen LogP contribution in [0.5, 0.6) is 0 Å². The standard InChI is InChI=1S/C15H14S.2C15H16S.2C8H16S.C6H15N.4C5H12S/c1-15(16-2)13-9-5-3-7-11(13)12-8-4-6-10-14(12)15;2*1-15(16-2,13-9-5-3-6-10-13)14-11-7-4-8-12-14;2*1-8(9-2)6-4-3-5-7-8;1-6(2,3)7(4)5;4*1-5(2,3)6-4/h3-10H,1-2H3;2*3-12H,1-2H3;2*3-7H2,1-2H3;1-5H3;4*1-4H3/i;;;;;;1D3;;;. The molecule has 2 saturated carbocycles. The maximum absolute atomic E-state index is 7.05. The van der Waals surface area contributed by atoms with Crippen molar-refractivity contribution in [3.8, 4) is 11.1 Å². The number of thioether (sulfide) groups is 9. The largest absolute Gasteiger partial charge is 0.305 e. The summed E-state index contributed by atoms with van der Waals surface area (Å²) < 4.78 is 23.4. The van der Waals surface area contributed by atoms with Gasteiger partial charge in [-0.25, -0.2) is 0 Å². The molecule has 9 rings (SSSR count). The molecule has 0 heterocycles. The number of fused-ring (bicyclic) bond motifs is 3. The molecular formula is C87H141NS9. The van der Waals surface area contributed by atoms with Crippen LogP contribution in [-0.2, 0) is 14.2 Å². The van der Waals surface area contributed by atoms with E-state index in [1.165, 1.54) is 120 Å². The van der Waals surface area contributed by atoms with Gasteiger partial charge in [0, 0.05) is 38.1 Å². The second-order valence-electron chi connectivity index (χ2n) is 30.4. The maximum Gasteiger partial charge on any atom is 0.0638 e. The van der Waals surface area contributed by atoms with Crippen LogP contribution in [0, 0.1) is 0 Å². The Balaban J connectivity index is 0.00000112. The Morgan fingerprint density at radius 1 is 0.309 bits per heavy atom. The lowest BCUT2D eigenvalue weighted by molar-refractivity contribution is 0.219. The van der Waals surface area contributed by atoms with Crippen molar-refractivity contribution < 1.29 is 4.11 Å². The normalized spacial score (nSPS) is 15.6. The molecule has 6 aromatic carbocycles. The highest BCUT2D eigenvalue weighted by molar-refractivity contribution is 8.01. The fourth-order valence-corrected chi connectivity index (χ4v) is 13.1. The lowest BCUT2D eigenvalue weighted by atomic mass is 9.90. The second kappa shape index (κ2) is 47.0. The van der Waals surface area contributed by atoms with Crippen LogP contribution in [0.3, 0.4) is 0 Å². The van der Waals surface area contributed by atoms with Crippen LogP contribution in [0.4, 0.5) is 0 Å². The van der Waals surface area contributed by atoms with E-state index in [4.69, 9.17) is 4.11 Å². The van der Waals surface area contributed by atoms with E-state index in [9.17, 15) is 0 Å². The average Bonchev–Trinajstić information content (AvgIpc) is 1.57. The summed E-state index contributed by atoms with van der Waals surface area (Å²) in [4.78, 5) is 2.19. The van der Waals surface area contributed by atoms with Crippen molar-refractivity contribution in [1.82, 2.24) is 4.90 Å². The molecule has 0 aliphatic heterocycles. The average molecular weight is 1490 g/mol. The van der Waals surface area contributed by atoms with Crippen LogP contribution in [0.25, 0.3) is 11.1 Å². The van der Waals surface area contributed by atoms with Crippen LogP contribution in [0.15, 0.2) is 170 Å². The number of hydrogen-bond donors (Lipinski definition) is 0. The summed E-state index contributed by atoms with van der Waals surface area (Å²) in [6.45, 7) is 39.7. The highest BCUT2D eigenvalue weighted by Crippen LogP contribution is 2.54. The molecule has 10 heteroatoms. The van der Waals surface area contributed by atoms with Crippen molar-refractivity contribution in [2.24, 2.45) is 0 Å². The van der Waals surface area contributed by atoms with Gasteiger partial charge in [0.1, 0.15) is 0 Å². The lowest BCUT2D eigenvalue weighted by Crippen LogP contribution is -2.34. The summed E-state index contributed by atoms with van der Waals surface area (Å²) in [5, 5.41) is 0. The molecule has 3 aliphatic carbocycles. The fourth-order valence-electron chi connectivity index (χ4n) is 9.47. The topological polar surface area (TPSA) is 3.24 Å². The first-order chi connectivity index (χ1) is 46.3. The smallest absolute Gasteiger partial charge is 0.0638 e. The lowest BCUT2D eigenvalue weighted by Gasteiger charge is -2.31. The van der Waals surface area contributed by atoms with Gasteiger partial charge in [-0.05, 0) is 182 Å². The van der Waals surface area contributed by atoms with Crippen molar-refractivity contribution in [3.63, 3.8) is 0 Å². The number of rotatable bonds is 9. The molecule has 548 valence electrons. The first-order valence-electron chi connectivity index (χ1n) is 36.3. The molecule has 0 saturated heterocycles. The third kappa shape index (κ3) is 38.1. The molecule has 2 fully saturated rings. The van der Waals surface area contributed by atoms with Crippen LogP contribution >= 0.6 is 106 Å². The van der Waals surface area contributed by atoms with Gasteiger partial charge in [-0.3, -0.25) is 0 Å². The quantitative estimate of drug-likeness (QED) is 0.137. The van der Waals surface area contributed by atoms with E-state index >= 15 is 0 Å². The van der Waals surface area contributed by atoms with E-state index in [2.05, 4.69) is 357 Å². The Bertz CT molecular complexity index is 2750. The van der Waals surface area contributed by atoms with E-state index < -0.39 is 11.6 Å². The monoisotopic (exact) mass is 1490 g/mol. The molecular weight excluding hydrogens is 1350 g/mol. The molecule has 0 bridgehead atoms.